The summed E-state index contributed by atoms with van der Waals surface area (Å²) in [5.41, 5.74) is 0.467. The molecule has 0 unspecified atom stereocenters. The Morgan fingerprint density at radius 1 is 1.17 bits per heavy atom. The predicted molar refractivity (Wildman–Crippen MR) is 51.3 cm³/mol. The zero-order valence-corrected chi connectivity index (χ0v) is 8.20. The molecule has 1 rings (SSSR count). The molecule has 0 atom stereocenters. The summed E-state index contributed by atoms with van der Waals surface area (Å²) in [4.78, 5) is 10.1. The number of Topliss-reactive ketones (excluding diaryl/α,β-unsaturated/α-hetero) is 1. The first-order chi connectivity index (χ1) is 5.61. The molecule has 1 nitrogen and oxygen atoms in total. The van der Waals surface area contributed by atoms with Crippen molar-refractivity contribution in [2.24, 2.45) is 0 Å². The SMILES string of the molecule is O=C(c1ccc(Cl)cc1)C(Cl)Cl. The van der Waals surface area contributed by atoms with E-state index in [1.54, 1.807) is 24.3 Å². The molecule has 64 valence electrons. The highest BCUT2D eigenvalue weighted by Gasteiger charge is 2.13. The molecule has 1 aromatic carbocycles. The highest BCUT2D eigenvalue weighted by molar-refractivity contribution is 6.55. The summed E-state index contributed by atoms with van der Waals surface area (Å²) in [5.74, 6) is -0.310. The van der Waals surface area contributed by atoms with E-state index in [-0.39, 0.29) is 5.78 Å². The van der Waals surface area contributed by atoms with Crippen molar-refractivity contribution < 1.29 is 4.79 Å². The van der Waals surface area contributed by atoms with Crippen LogP contribution in [-0.2, 0) is 0 Å². The van der Waals surface area contributed by atoms with Crippen LogP contribution in [0.5, 0.6) is 0 Å². The van der Waals surface area contributed by atoms with E-state index >= 15 is 0 Å². The van der Waals surface area contributed by atoms with Crippen molar-refractivity contribution >= 4 is 40.6 Å². The van der Waals surface area contributed by atoms with Crippen LogP contribution in [0.25, 0.3) is 0 Å². The average Bonchev–Trinajstić information content (AvgIpc) is 2.04. The number of carbonyl (C=O) groups is 1. The third kappa shape index (κ3) is 2.37. The van der Waals surface area contributed by atoms with Crippen LogP contribution in [0, 0.1) is 0 Å². The first kappa shape index (κ1) is 9.85. The van der Waals surface area contributed by atoms with Crippen molar-refractivity contribution in [3.63, 3.8) is 0 Å². The topological polar surface area (TPSA) is 17.1 Å². The zero-order valence-electron chi connectivity index (χ0n) is 5.93. The molecule has 1 aromatic rings. The predicted octanol–water partition coefficient (Wildman–Crippen LogP) is 3.33. The van der Waals surface area contributed by atoms with Crippen LogP contribution in [0.15, 0.2) is 24.3 Å². The van der Waals surface area contributed by atoms with Crippen molar-refractivity contribution in [3.05, 3.63) is 34.9 Å². The molecule has 0 aromatic heterocycles. The average molecular weight is 223 g/mol. The number of hydrogen-bond donors (Lipinski definition) is 0. The van der Waals surface area contributed by atoms with E-state index < -0.39 is 4.84 Å². The number of rotatable bonds is 2. The van der Waals surface area contributed by atoms with E-state index in [0.717, 1.165) is 0 Å². The highest BCUT2D eigenvalue weighted by atomic mass is 35.5. The molecule has 0 heterocycles. The Morgan fingerprint density at radius 2 is 1.67 bits per heavy atom. The molecule has 0 aliphatic rings. The molecule has 0 saturated carbocycles. The van der Waals surface area contributed by atoms with Crippen LogP contribution in [0.1, 0.15) is 10.4 Å². The quantitative estimate of drug-likeness (QED) is 0.555. The van der Waals surface area contributed by atoms with Gasteiger partial charge in [-0.2, -0.15) is 0 Å². The molecule has 0 bridgehead atoms. The van der Waals surface area contributed by atoms with Gasteiger partial charge >= 0.3 is 0 Å². The number of benzene rings is 1. The third-order valence-corrected chi connectivity index (χ3v) is 1.98. The van der Waals surface area contributed by atoms with Gasteiger partial charge in [-0.1, -0.05) is 34.8 Å². The maximum atomic E-state index is 11.1. The molecule has 12 heavy (non-hydrogen) atoms. The first-order valence-corrected chi connectivity index (χ1v) is 4.44. The van der Waals surface area contributed by atoms with Gasteiger partial charge in [-0.15, -0.1) is 0 Å². The van der Waals surface area contributed by atoms with Crippen LogP contribution >= 0.6 is 34.8 Å². The van der Waals surface area contributed by atoms with Crippen LogP contribution in [0.3, 0.4) is 0 Å². The molecule has 0 aliphatic heterocycles. The van der Waals surface area contributed by atoms with E-state index in [1.807, 2.05) is 0 Å². The lowest BCUT2D eigenvalue weighted by molar-refractivity contribution is 0.101. The minimum Gasteiger partial charge on any atom is -0.291 e. The van der Waals surface area contributed by atoms with Crippen LogP contribution in [0.4, 0.5) is 0 Å². The molecule has 0 saturated heterocycles. The molecular formula is C8H5Cl3O. The van der Waals surface area contributed by atoms with E-state index in [4.69, 9.17) is 34.8 Å². The van der Waals surface area contributed by atoms with Gasteiger partial charge in [0.25, 0.3) is 0 Å². The summed E-state index contributed by atoms with van der Waals surface area (Å²) in [7, 11) is 0. The molecule has 0 radical (unpaired) electrons. The Hall–Kier alpha value is -0.240. The van der Waals surface area contributed by atoms with Crippen LogP contribution in [0.2, 0.25) is 5.02 Å². The maximum absolute atomic E-state index is 11.1. The van der Waals surface area contributed by atoms with E-state index in [1.165, 1.54) is 0 Å². The Balaban J connectivity index is 2.90. The second-order valence-corrected chi connectivity index (χ2v) is 3.70. The van der Waals surface area contributed by atoms with E-state index in [0.29, 0.717) is 10.6 Å². The lowest BCUT2D eigenvalue weighted by Gasteiger charge is -1.99. The summed E-state index contributed by atoms with van der Waals surface area (Å²) in [6.45, 7) is 0. The minimum atomic E-state index is -1.01. The molecule has 0 spiro atoms. The lowest BCUT2D eigenvalue weighted by Crippen LogP contribution is -2.07. The largest absolute Gasteiger partial charge is 0.291 e. The zero-order chi connectivity index (χ0) is 9.14. The van der Waals surface area contributed by atoms with Crippen molar-refractivity contribution in [2.45, 2.75) is 4.84 Å². The fourth-order valence-electron chi connectivity index (χ4n) is 0.740. The Labute approximate surface area is 85.2 Å². The van der Waals surface area contributed by atoms with Gasteiger partial charge in [-0.05, 0) is 24.3 Å². The number of alkyl halides is 2. The second-order valence-electron chi connectivity index (χ2n) is 2.17. The Bertz CT molecular complexity index is 279. The van der Waals surface area contributed by atoms with Crippen molar-refractivity contribution in [1.29, 1.82) is 0 Å². The van der Waals surface area contributed by atoms with Gasteiger partial charge in [0.15, 0.2) is 10.6 Å². The molecule has 0 fully saturated rings. The summed E-state index contributed by atoms with van der Waals surface area (Å²) >= 11 is 16.4. The van der Waals surface area contributed by atoms with Crippen LogP contribution in [-0.4, -0.2) is 10.6 Å². The van der Waals surface area contributed by atoms with Gasteiger partial charge in [0.1, 0.15) is 0 Å². The fourth-order valence-corrected chi connectivity index (χ4v) is 1.12. The molecule has 4 heteroatoms. The van der Waals surface area contributed by atoms with Crippen molar-refractivity contribution in [1.82, 2.24) is 0 Å². The highest BCUT2D eigenvalue weighted by Crippen LogP contribution is 2.14. The number of hydrogen-bond acceptors (Lipinski definition) is 1. The van der Waals surface area contributed by atoms with Gasteiger partial charge in [-0.3, -0.25) is 4.79 Å². The lowest BCUT2D eigenvalue weighted by atomic mass is 10.1. The minimum absolute atomic E-state index is 0.310. The summed E-state index contributed by atoms with van der Waals surface area (Å²) in [6.07, 6.45) is 0. The molecule has 0 aliphatic carbocycles. The second kappa shape index (κ2) is 4.13. The van der Waals surface area contributed by atoms with Crippen molar-refractivity contribution in [2.75, 3.05) is 0 Å². The number of halogens is 3. The van der Waals surface area contributed by atoms with E-state index in [9.17, 15) is 4.79 Å². The Morgan fingerprint density at radius 3 is 2.08 bits per heavy atom. The first-order valence-electron chi connectivity index (χ1n) is 3.19. The van der Waals surface area contributed by atoms with Gasteiger partial charge in [0, 0.05) is 10.6 Å². The van der Waals surface area contributed by atoms with Gasteiger partial charge in [-0.25, -0.2) is 0 Å². The molecule has 0 amide bonds. The normalized spacial score (nSPS) is 10.3. The standard InChI is InChI=1S/C8H5Cl3O/c9-6-3-1-5(2-4-6)7(12)8(10)11/h1-4,8H. The summed E-state index contributed by atoms with van der Waals surface area (Å²) in [5, 5.41) is 0.576. The fraction of sp³-hybridized carbons (Fsp3) is 0.125. The maximum Gasteiger partial charge on any atom is 0.195 e. The molecular weight excluding hydrogens is 218 g/mol. The summed E-state index contributed by atoms with van der Waals surface area (Å²) < 4.78 is 0. The smallest absolute Gasteiger partial charge is 0.195 e. The summed E-state index contributed by atoms with van der Waals surface area (Å²) in [6, 6.07) is 6.40. The number of carbonyl (C=O) groups excluding carboxylic acids is 1. The van der Waals surface area contributed by atoms with Gasteiger partial charge < -0.3 is 0 Å². The van der Waals surface area contributed by atoms with Crippen LogP contribution < -0.4 is 0 Å². The molecule has 0 N–H and O–H groups in total. The van der Waals surface area contributed by atoms with Crippen molar-refractivity contribution in [3.8, 4) is 0 Å². The van der Waals surface area contributed by atoms with Gasteiger partial charge in [0.2, 0.25) is 0 Å². The third-order valence-electron chi connectivity index (χ3n) is 1.33. The van der Waals surface area contributed by atoms with Gasteiger partial charge in [0.05, 0.1) is 0 Å². The van der Waals surface area contributed by atoms with E-state index in [2.05, 4.69) is 0 Å². The Kier molecular flexibility index (Phi) is 3.39. The monoisotopic (exact) mass is 222 g/mol. The number of ketones is 1.